The Kier molecular flexibility index (Phi) is 7.08. The summed E-state index contributed by atoms with van der Waals surface area (Å²) in [4.78, 5) is 30.0. The Hall–Kier alpha value is -5.17. The maximum Gasteiger partial charge on any atom is 0.284 e. The number of ether oxygens (including phenoxy) is 2. The fraction of sp³-hybridized carbons (Fsp3) is 0.179. The Balaban J connectivity index is 1.20. The van der Waals surface area contributed by atoms with Gasteiger partial charge in [-0.1, -0.05) is 0 Å². The number of benzene rings is 2. The standard InChI is InChI=1S/C28H23F2N7O4/c29-16-1-4-18(5-2-16)37-28(39)20(9-14-33-37)26(38)34-17-3-6-22(21(30)15-17)41-23-10-13-32-25-24(23)27(36-35-25)40-19-7-11-31-12-8-19/h1-6,9-10,13-15,19,31H,7-8,11-12H2,(H,34,38)(H,32,35,36). The van der Waals surface area contributed by atoms with Crippen LogP contribution >= 0.6 is 0 Å². The number of nitrogens with one attached hydrogen (secondary N) is 3. The third kappa shape index (κ3) is 5.47. The summed E-state index contributed by atoms with van der Waals surface area (Å²) in [5.41, 5.74) is -0.139. The van der Waals surface area contributed by atoms with Crippen molar-refractivity contribution in [1.29, 1.82) is 0 Å². The van der Waals surface area contributed by atoms with Gasteiger partial charge in [-0.25, -0.2) is 13.8 Å². The van der Waals surface area contributed by atoms with Gasteiger partial charge in [0.05, 0.1) is 5.69 Å². The highest BCUT2D eigenvalue weighted by atomic mass is 19.1. The first-order valence-corrected chi connectivity index (χ1v) is 12.8. The van der Waals surface area contributed by atoms with Crippen LogP contribution in [0.1, 0.15) is 23.2 Å². The molecule has 1 saturated heterocycles. The molecule has 11 nitrogen and oxygen atoms in total. The number of hydrogen-bond donors (Lipinski definition) is 3. The number of H-pyrrole nitrogens is 1. The summed E-state index contributed by atoms with van der Waals surface area (Å²) in [6.07, 6.45) is 4.41. The Morgan fingerprint density at radius 3 is 2.59 bits per heavy atom. The maximum atomic E-state index is 15.1. The number of amides is 1. The van der Waals surface area contributed by atoms with E-state index in [1.165, 1.54) is 54.9 Å². The largest absolute Gasteiger partial charge is 0.473 e. The Morgan fingerprint density at radius 2 is 1.80 bits per heavy atom. The number of hydrogen-bond acceptors (Lipinski definition) is 8. The lowest BCUT2D eigenvalue weighted by atomic mass is 10.1. The maximum absolute atomic E-state index is 15.1. The van der Waals surface area contributed by atoms with Crippen LogP contribution in [-0.2, 0) is 0 Å². The van der Waals surface area contributed by atoms with Crippen molar-refractivity contribution in [2.45, 2.75) is 18.9 Å². The minimum atomic E-state index is -0.768. The van der Waals surface area contributed by atoms with Crippen LogP contribution in [0, 0.1) is 11.6 Å². The molecule has 5 aromatic rings. The average Bonchev–Trinajstić information content (AvgIpc) is 3.39. The SMILES string of the molecule is O=C(Nc1ccc(Oc2ccnc3[nH]nc(OC4CCNCC4)c23)c(F)c1)c1ccnn(-c2ccc(F)cc2)c1=O. The molecule has 13 heteroatoms. The van der Waals surface area contributed by atoms with Gasteiger partial charge in [0.15, 0.2) is 17.2 Å². The predicted molar refractivity (Wildman–Crippen MR) is 145 cm³/mol. The summed E-state index contributed by atoms with van der Waals surface area (Å²) in [7, 11) is 0. The van der Waals surface area contributed by atoms with Crippen molar-refractivity contribution in [3.05, 3.63) is 94.5 Å². The first kappa shape index (κ1) is 26.1. The molecule has 0 unspecified atom stereocenters. The molecule has 1 aliphatic heterocycles. The molecule has 2 aromatic carbocycles. The van der Waals surface area contributed by atoms with E-state index in [-0.39, 0.29) is 28.8 Å². The van der Waals surface area contributed by atoms with Crippen molar-refractivity contribution < 1.29 is 23.0 Å². The summed E-state index contributed by atoms with van der Waals surface area (Å²) in [5, 5.41) is 17.3. The number of fused-ring (bicyclic) bond motifs is 1. The van der Waals surface area contributed by atoms with E-state index in [0.29, 0.717) is 22.7 Å². The van der Waals surface area contributed by atoms with Crippen molar-refractivity contribution in [1.82, 2.24) is 30.3 Å². The Morgan fingerprint density at radius 1 is 1.00 bits per heavy atom. The van der Waals surface area contributed by atoms with Gasteiger partial charge in [0, 0.05) is 30.2 Å². The molecule has 0 radical (unpaired) electrons. The monoisotopic (exact) mass is 559 g/mol. The van der Waals surface area contributed by atoms with Crippen molar-refractivity contribution in [3.8, 4) is 23.1 Å². The molecule has 208 valence electrons. The fourth-order valence-electron chi connectivity index (χ4n) is 4.47. The molecule has 3 aromatic heterocycles. The number of aromatic amines is 1. The van der Waals surface area contributed by atoms with E-state index in [9.17, 15) is 14.0 Å². The highest BCUT2D eigenvalue weighted by Gasteiger charge is 2.21. The van der Waals surface area contributed by atoms with Gasteiger partial charge < -0.3 is 20.1 Å². The van der Waals surface area contributed by atoms with Crippen LogP contribution in [-0.4, -0.2) is 50.1 Å². The number of piperidine rings is 1. The second-order valence-electron chi connectivity index (χ2n) is 9.27. The molecule has 6 rings (SSSR count). The zero-order valence-corrected chi connectivity index (χ0v) is 21.4. The molecule has 41 heavy (non-hydrogen) atoms. The molecule has 0 saturated carbocycles. The highest BCUT2D eigenvalue weighted by molar-refractivity contribution is 6.04. The van der Waals surface area contributed by atoms with Crippen LogP contribution in [0.5, 0.6) is 17.4 Å². The molecule has 4 heterocycles. The minimum absolute atomic E-state index is 0.0179. The zero-order valence-electron chi connectivity index (χ0n) is 21.4. The molecule has 0 aliphatic carbocycles. The molecule has 1 amide bonds. The molecular formula is C28H23F2N7O4. The summed E-state index contributed by atoms with van der Waals surface area (Å²) < 4.78 is 41.3. The number of halogens is 2. The lowest BCUT2D eigenvalue weighted by molar-refractivity contribution is 0.102. The first-order chi connectivity index (χ1) is 20.0. The van der Waals surface area contributed by atoms with Gasteiger partial charge in [0.25, 0.3) is 11.5 Å². The van der Waals surface area contributed by atoms with E-state index in [4.69, 9.17) is 9.47 Å². The smallest absolute Gasteiger partial charge is 0.284 e. The van der Waals surface area contributed by atoms with Crippen molar-refractivity contribution in [2.75, 3.05) is 18.4 Å². The third-order valence-corrected chi connectivity index (χ3v) is 6.53. The zero-order chi connectivity index (χ0) is 28.3. The van der Waals surface area contributed by atoms with Gasteiger partial charge in [0.2, 0.25) is 5.88 Å². The minimum Gasteiger partial charge on any atom is -0.473 e. The topological polar surface area (TPSA) is 136 Å². The number of rotatable bonds is 7. The van der Waals surface area contributed by atoms with Crippen LogP contribution in [0.3, 0.4) is 0 Å². The van der Waals surface area contributed by atoms with Crippen molar-refractivity contribution >= 4 is 22.6 Å². The van der Waals surface area contributed by atoms with E-state index in [1.807, 2.05) is 0 Å². The van der Waals surface area contributed by atoms with Gasteiger partial charge in [-0.3, -0.25) is 14.7 Å². The fourth-order valence-corrected chi connectivity index (χ4v) is 4.47. The molecule has 0 spiro atoms. The summed E-state index contributed by atoms with van der Waals surface area (Å²) in [6.45, 7) is 1.68. The van der Waals surface area contributed by atoms with Gasteiger partial charge in [-0.2, -0.15) is 9.78 Å². The Labute approximate surface area is 231 Å². The van der Waals surface area contributed by atoms with Crippen LogP contribution in [0.15, 0.2) is 71.8 Å². The molecular weight excluding hydrogens is 536 g/mol. The predicted octanol–water partition coefficient (Wildman–Crippen LogP) is 3.96. The van der Waals surface area contributed by atoms with Gasteiger partial charge >= 0.3 is 0 Å². The van der Waals surface area contributed by atoms with E-state index >= 15 is 4.39 Å². The summed E-state index contributed by atoms with van der Waals surface area (Å²) >= 11 is 0. The molecule has 0 bridgehead atoms. The van der Waals surface area contributed by atoms with E-state index in [0.717, 1.165) is 36.7 Å². The number of nitrogens with zero attached hydrogens (tertiary/aromatic N) is 4. The van der Waals surface area contributed by atoms with E-state index in [1.54, 1.807) is 6.07 Å². The molecule has 1 aliphatic rings. The van der Waals surface area contributed by atoms with Gasteiger partial charge in [0.1, 0.15) is 28.6 Å². The quantitative estimate of drug-likeness (QED) is 0.273. The average molecular weight is 560 g/mol. The van der Waals surface area contributed by atoms with Crippen LogP contribution in [0.25, 0.3) is 16.7 Å². The van der Waals surface area contributed by atoms with Crippen LogP contribution in [0.4, 0.5) is 14.5 Å². The van der Waals surface area contributed by atoms with Crippen LogP contribution in [0.2, 0.25) is 0 Å². The normalized spacial score (nSPS) is 13.7. The number of pyridine rings is 1. The number of carbonyl (C=O) groups excluding carboxylic acids is 1. The van der Waals surface area contributed by atoms with Crippen molar-refractivity contribution in [3.63, 3.8) is 0 Å². The van der Waals surface area contributed by atoms with Crippen LogP contribution < -0.4 is 25.7 Å². The molecule has 1 fully saturated rings. The van der Waals surface area contributed by atoms with Gasteiger partial charge in [-0.05, 0) is 68.4 Å². The second-order valence-corrected chi connectivity index (χ2v) is 9.27. The third-order valence-electron chi connectivity index (χ3n) is 6.53. The second kappa shape index (κ2) is 11.1. The molecule has 0 atom stereocenters. The summed E-state index contributed by atoms with van der Waals surface area (Å²) in [6, 6.07) is 11.8. The Bertz CT molecular complexity index is 1780. The lowest BCUT2D eigenvalue weighted by Gasteiger charge is -2.22. The number of anilines is 1. The van der Waals surface area contributed by atoms with E-state index in [2.05, 4.69) is 30.9 Å². The number of carbonyl (C=O) groups is 1. The van der Waals surface area contributed by atoms with Crippen molar-refractivity contribution in [2.24, 2.45) is 0 Å². The van der Waals surface area contributed by atoms with E-state index < -0.39 is 23.1 Å². The number of aromatic nitrogens is 5. The summed E-state index contributed by atoms with van der Waals surface area (Å²) in [5.74, 6) is -1.49. The highest BCUT2D eigenvalue weighted by Crippen LogP contribution is 2.36. The lowest BCUT2D eigenvalue weighted by Crippen LogP contribution is -2.34. The van der Waals surface area contributed by atoms with Gasteiger partial charge in [-0.15, -0.1) is 5.10 Å². The molecule has 3 N–H and O–H groups in total. The first-order valence-electron chi connectivity index (χ1n) is 12.8.